The fourth-order valence-electron chi connectivity index (χ4n) is 2.44. The number of benzene rings is 1. The van der Waals surface area contributed by atoms with E-state index >= 15 is 0 Å². The van der Waals surface area contributed by atoms with E-state index in [0.29, 0.717) is 0 Å². The van der Waals surface area contributed by atoms with Crippen LogP contribution in [0.1, 0.15) is 16.7 Å². The van der Waals surface area contributed by atoms with E-state index in [9.17, 15) is 0 Å². The number of fused-ring (bicyclic) bond motifs is 1. The molecule has 1 aliphatic rings. The van der Waals surface area contributed by atoms with Crippen molar-refractivity contribution in [2.75, 3.05) is 23.9 Å². The monoisotopic (exact) mass is 227 g/mol. The molecule has 0 saturated heterocycles. The smallest absolute Gasteiger partial charge is 0.123 e. The zero-order chi connectivity index (χ0) is 12.7. The lowest BCUT2D eigenvalue weighted by molar-refractivity contribution is 1.05. The number of nitriles is 1. The maximum Gasteiger partial charge on any atom is 0.123 e. The summed E-state index contributed by atoms with van der Waals surface area (Å²) in [7, 11) is 4.01. The maximum atomic E-state index is 8.84. The highest BCUT2D eigenvalue weighted by Crippen LogP contribution is 2.43. The van der Waals surface area contributed by atoms with Gasteiger partial charge in [0.2, 0.25) is 0 Å². The lowest BCUT2D eigenvalue weighted by Gasteiger charge is -2.17. The Kier molecular flexibility index (Phi) is 2.59. The Hall–Kier alpha value is -1.95. The molecule has 88 valence electrons. The molecule has 0 atom stereocenters. The van der Waals surface area contributed by atoms with Gasteiger partial charge in [-0.3, -0.25) is 0 Å². The van der Waals surface area contributed by atoms with Crippen LogP contribution in [0.3, 0.4) is 0 Å². The van der Waals surface area contributed by atoms with Crippen molar-refractivity contribution in [1.29, 1.82) is 5.26 Å². The van der Waals surface area contributed by atoms with Gasteiger partial charge >= 0.3 is 0 Å². The van der Waals surface area contributed by atoms with Gasteiger partial charge < -0.3 is 9.80 Å². The number of rotatable bonds is 0. The maximum absolute atomic E-state index is 8.84. The molecule has 1 heterocycles. The van der Waals surface area contributed by atoms with E-state index in [1.54, 1.807) is 6.08 Å². The lowest BCUT2D eigenvalue weighted by Crippen LogP contribution is -2.21. The van der Waals surface area contributed by atoms with Gasteiger partial charge in [-0.2, -0.15) is 5.26 Å². The minimum absolute atomic E-state index is 0.926. The second kappa shape index (κ2) is 3.81. The van der Waals surface area contributed by atoms with Gasteiger partial charge in [-0.1, -0.05) is 0 Å². The van der Waals surface area contributed by atoms with Gasteiger partial charge in [0, 0.05) is 14.1 Å². The molecule has 1 aromatic rings. The molecule has 2 rings (SSSR count). The van der Waals surface area contributed by atoms with Crippen LogP contribution in [0.2, 0.25) is 0 Å². The Morgan fingerprint density at radius 1 is 1.12 bits per heavy atom. The quantitative estimate of drug-likeness (QED) is 0.638. The molecule has 0 spiro atoms. The van der Waals surface area contributed by atoms with Gasteiger partial charge in [0.1, 0.15) is 5.82 Å². The second-order valence-electron chi connectivity index (χ2n) is 4.56. The van der Waals surface area contributed by atoms with Gasteiger partial charge in [0.05, 0.1) is 23.5 Å². The third-order valence-electron chi connectivity index (χ3n) is 3.68. The fraction of sp³-hybridized carbons (Fsp3) is 0.357. The molecule has 0 fully saturated rings. The third kappa shape index (κ3) is 1.49. The first-order valence-corrected chi connectivity index (χ1v) is 5.67. The average Bonchev–Trinajstić information content (AvgIpc) is 2.52. The van der Waals surface area contributed by atoms with E-state index in [4.69, 9.17) is 5.26 Å². The Morgan fingerprint density at radius 2 is 1.76 bits per heavy atom. The van der Waals surface area contributed by atoms with Gasteiger partial charge in [0.25, 0.3) is 0 Å². The summed E-state index contributed by atoms with van der Waals surface area (Å²) in [6.45, 7) is 6.41. The molecule has 0 radical (unpaired) electrons. The lowest BCUT2D eigenvalue weighted by atomic mass is 10.0. The highest BCUT2D eigenvalue weighted by molar-refractivity contribution is 5.86. The molecule has 1 aromatic carbocycles. The zero-order valence-corrected chi connectivity index (χ0v) is 11.0. The summed E-state index contributed by atoms with van der Waals surface area (Å²) in [6, 6.07) is 4.30. The highest BCUT2D eigenvalue weighted by atomic mass is 15.4. The minimum Gasteiger partial charge on any atom is -0.328 e. The molecule has 0 amide bonds. The van der Waals surface area contributed by atoms with Crippen LogP contribution in [0.5, 0.6) is 0 Å². The van der Waals surface area contributed by atoms with Gasteiger partial charge in [-0.05, 0) is 43.5 Å². The average molecular weight is 227 g/mol. The van der Waals surface area contributed by atoms with Crippen molar-refractivity contribution in [3.8, 4) is 6.07 Å². The predicted octanol–water partition coefficient (Wildman–Crippen LogP) is 2.86. The zero-order valence-electron chi connectivity index (χ0n) is 11.0. The van der Waals surface area contributed by atoms with E-state index in [2.05, 4.69) is 42.7 Å². The molecule has 0 aliphatic carbocycles. The fourth-order valence-corrected chi connectivity index (χ4v) is 2.44. The summed E-state index contributed by atoms with van der Waals surface area (Å²) >= 11 is 0. The van der Waals surface area contributed by atoms with E-state index in [-0.39, 0.29) is 0 Å². The van der Waals surface area contributed by atoms with Crippen LogP contribution in [-0.2, 0) is 0 Å². The van der Waals surface area contributed by atoms with E-state index in [1.165, 1.54) is 28.1 Å². The number of anilines is 2. The molecular weight excluding hydrogens is 210 g/mol. The first-order chi connectivity index (χ1) is 7.99. The number of hydrogen-bond donors (Lipinski definition) is 0. The Balaban J connectivity index is 2.71. The number of nitrogens with zero attached hydrogens (tertiary/aromatic N) is 3. The molecule has 0 bridgehead atoms. The van der Waals surface area contributed by atoms with Crippen LogP contribution in [0.25, 0.3) is 0 Å². The standard InChI is InChI=1S/C14H17N3/c1-9-8-12-14(11(3)10(9)2)17(5)13(6-7-15)16(12)4/h6,8H,1-5H3. The van der Waals surface area contributed by atoms with Crippen LogP contribution in [-0.4, -0.2) is 14.1 Å². The molecule has 0 aromatic heterocycles. The van der Waals surface area contributed by atoms with Gasteiger partial charge in [-0.15, -0.1) is 0 Å². The Labute approximate surface area is 103 Å². The minimum atomic E-state index is 0.926. The molecule has 17 heavy (non-hydrogen) atoms. The largest absolute Gasteiger partial charge is 0.328 e. The predicted molar refractivity (Wildman–Crippen MR) is 71.2 cm³/mol. The highest BCUT2D eigenvalue weighted by Gasteiger charge is 2.28. The number of hydrogen-bond acceptors (Lipinski definition) is 3. The van der Waals surface area contributed by atoms with E-state index < -0.39 is 0 Å². The summed E-state index contributed by atoms with van der Waals surface area (Å²) in [5.74, 6) is 0.926. The molecule has 0 saturated carbocycles. The first-order valence-electron chi connectivity index (χ1n) is 5.67. The topological polar surface area (TPSA) is 30.3 Å². The van der Waals surface area contributed by atoms with Crippen molar-refractivity contribution >= 4 is 11.4 Å². The Bertz CT molecular complexity index is 550. The SMILES string of the molecule is Cc1cc2c(c(C)c1C)N(C)C(=CC#N)N2C. The summed E-state index contributed by atoms with van der Waals surface area (Å²) in [4.78, 5) is 4.15. The third-order valence-corrected chi connectivity index (χ3v) is 3.68. The molecule has 3 heteroatoms. The van der Waals surface area contributed by atoms with Crippen molar-refractivity contribution in [3.63, 3.8) is 0 Å². The number of allylic oxidation sites excluding steroid dienone is 1. The summed E-state index contributed by atoms with van der Waals surface area (Å²) in [5, 5.41) is 8.84. The summed E-state index contributed by atoms with van der Waals surface area (Å²) in [5.41, 5.74) is 6.28. The molecule has 0 N–H and O–H groups in total. The van der Waals surface area contributed by atoms with E-state index in [0.717, 1.165) is 5.82 Å². The van der Waals surface area contributed by atoms with Crippen molar-refractivity contribution in [3.05, 3.63) is 34.7 Å². The van der Waals surface area contributed by atoms with E-state index in [1.807, 2.05) is 14.1 Å². The van der Waals surface area contributed by atoms with Crippen LogP contribution >= 0.6 is 0 Å². The molecule has 3 nitrogen and oxygen atoms in total. The van der Waals surface area contributed by atoms with Crippen molar-refractivity contribution < 1.29 is 0 Å². The van der Waals surface area contributed by atoms with Crippen LogP contribution < -0.4 is 9.80 Å². The summed E-state index contributed by atoms with van der Waals surface area (Å²) < 4.78 is 0. The number of aryl methyl sites for hydroxylation is 1. The van der Waals surface area contributed by atoms with Crippen LogP contribution in [0.15, 0.2) is 18.0 Å². The molecule has 0 unspecified atom stereocenters. The van der Waals surface area contributed by atoms with Crippen molar-refractivity contribution in [2.45, 2.75) is 20.8 Å². The second-order valence-corrected chi connectivity index (χ2v) is 4.56. The van der Waals surface area contributed by atoms with Crippen molar-refractivity contribution in [1.82, 2.24) is 0 Å². The molecule has 1 aliphatic heterocycles. The first kappa shape index (κ1) is 11.5. The van der Waals surface area contributed by atoms with Crippen molar-refractivity contribution in [2.24, 2.45) is 0 Å². The van der Waals surface area contributed by atoms with Gasteiger partial charge in [-0.25, -0.2) is 0 Å². The van der Waals surface area contributed by atoms with Crippen LogP contribution in [0.4, 0.5) is 11.4 Å². The summed E-state index contributed by atoms with van der Waals surface area (Å²) in [6.07, 6.45) is 1.59. The normalized spacial score (nSPS) is 16.4. The van der Waals surface area contributed by atoms with Gasteiger partial charge in [0.15, 0.2) is 0 Å². The Morgan fingerprint density at radius 3 is 2.35 bits per heavy atom. The van der Waals surface area contributed by atoms with Crippen LogP contribution in [0, 0.1) is 32.1 Å². The molecular formula is C14H17N3.